The van der Waals surface area contributed by atoms with Crippen molar-refractivity contribution in [2.45, 2.75) is 51.5 Å². The summed E-state index contributed by atoms with van der Waals surface area (Å²) in [6.45, 7) is 1.65. The summed E-state index contributed by atoms with van der Waals surface area (Å²) < 4.78 is 1.03. The Morgan fingerprint density at radius 2 is 2.16 bits per heavy atom. The minimum atomic E-state index is 0.356. The molecule has 0 aromatic carbocycles. The first kappa shape index (κ1) is 13.2. The number of aromatic amines is 1. The summed E-state index contributed by atoms with van der Waals surface area (Å²) in [5, 5.41) is 0. The summed E-state index contributed by atoms with van der Waals surface area (Å²) in [7, 11) is 0. The lowest BCUT2D eigenvalue weighted by Gasteiger charge is -2.29. The second-order valence-corrected chi connectivity index (χ2v) is 6.75. The molecule has 1 aliphatic heterocycles. The fourth-order valence-electron chi connectivity index (χ4n) is 3.38. The van der Waals surface area contributed by atoms with Crippen molar-refractivity contribution in [3.8, 4) is 0 Å². The van der Waals surface area contributed by atoms with Crippen LogP contribution in [0.25, 0.3) is 0 Å². The molecule has 1 aromatic heterocycles. The SMILES string of the molecule is O=C(CC1CCCCC1)N1CCc2[nH]c(Br)cc2C1. The molecule has 0 saturated heterocycles. The maximum Gasteiger partial charge on any atom is 0.223 e. The molecule has 0 radical (unpaired) electrons. The summed E-state index contributed by atoms with van der Waals surface area (Å²) in [5.74, 6) is 0.996. The van der Waals surface area contributed by atoms with E-state index in [-0.39, 0.29) is 0 Å². The van der Waals surface area contributed by atoms with Crippen molar-refractivity contribution in [2.75, 3.05) is 6.54 Å². The van der Waals surface area contributed by atoms with Crippen LogP contribution in [0.4, 0.5) is 0 Å². The van der Waals surface area contributed by atoms with Crippen molar-refractivity contribution < 1.29 is 4.79 Å². The zero-order valence-corrected chi connectivity index (χ0v) is 12.8. The normalized spacial score (nSPS) is 20.4. The van der Waals surface area contributed by atoms with Crippen LogP contribution in [0.5, 0.6) is 0 Å². The first-order valence-corrected chi connectivity index (χ1v) is 8.15. The molecule has 1 saturated carbocycles. The molecule has 0 unspecified atom stereocenters. The largest absolute Gasteiger partial charge is 0.353 e. The Balaban J connectivity index is 1.59. The lowest BCUT2D eigenvalue weighted by atomic mass is 9.86. The van der Waals surface area contributed by atoms with Gasteiger partial charge in [-0.1, -0.05) is 19.3 Å². The molecule has 1 fully saturated rings. The Hall–Kier alpha value is -0.770. The molecule has 19 heavy (non-hydrogen) atoms. The van der Waals surface area contributed by atoms with Gasteiger partial charge >= 0.3 is 0 Å². The molecule has 2 heterocycles. The van der Waals surface area contributed by atoms with Crippen molar-refractivity contribution >= 4 is 21.8 Å². The monoisotopic (exact) mass is 324 g/mol. The number of hydrogen-bond donors (Lipinski definition) is 1. The molecule has 2 aliphatic rings. The fraction of sp³-hybridized carbons (Fsp3) is 0.667. The molecule has 4 heteroatoms. The van der Waals surface area contributed by atoms with Crippen molar-refractivity contribution in [1.82, 2.24) is 9.88 Å². The van der Waals surface area contributed by atoms with E-state index in [0.29, 0.717) is 11.8 Å². The van der Waals surface area contributed by atoms with Gasteiger partial charge in [0.1, 0.15) is 0 Å². The maximum absolute atomic E-state index is 12.4. The number of carbonyl (C=O) groups excluding carboxylic acids is 1. The van der Waals surface area contributed by atoms with E-state index in [9.17, 15) is 4.79 Å². The quantitative estimate of drug-likeness (QED) is 0.885. The van der Waals surface area contributed by atoms with E-state index >= 15 is 0 Å². The summed E-state index contributed by atoms with van der Waals surface area (Å²) >= 11 is 3.47. The molecule has 0 bridgehead atoms. The number of amides is 1. The fourth-order valence-corrected chi connectivity index (χ4v) is 3.89. The third kappa shape index (κ3) is 3.04. The van der Waals surface area contributed by atoms with E-state index < -0.39 is 0 Å². The smallest absolute Gasteiger partial charge is 0.223 e. The molecule has 0 spiro atoms. The molecular weight excluding hydrogens is 304 g/mol. The van der Waals surface area contributed by atoms with Crippen LogP contribution in [-0.2, 0) is 17.8 Å². The molecule has 1 amide bonds. The highest BCUT2D eigenvalue weighted by Crippen LogP contribution is 2.28. The van der Waals surface area contributed by atoms with Gasteiger partial charge in [0.25, 0.3) is 0 Å². The van der Waals surface area contributed by atoms with E-state index in [4.69, 9.17) is 0 Å². The first-order valence-electron chi connectivity index (χ1n) is 7.36. The maximum atomic E-state index is 12.4. The van der Waals surface area contributed by atoms with E-state index in [2.05, 4.69) is 27.0 Å². The lowest BCUT2D eigenvalue weighted by Crippen LogP contribution is -2.36. The van der Waals surface area contributed by atoms with Crippen LogP contribution < -0.4 is 0 Å². The average Bonchev–Trinajstić information content (AvgIpc) is 2.78. The lowest BCUT2D eigenvalue weighted by molar-refractivity contribution is -0.133. The highest BCUT2D eigenvalue weighted by atomic mass is 79.9. The number of H-pyrrole nitrogens is 1. The van der Waals surface area contributed by atoms with Gasteiger partial charge in [0.05, 0.1) is 4.60 Å². The number of carbonyl (C=O) groups is 1. The van der Waals surface area contributed by atoms with Gasteiger partial charge in [-0.05, 0) is 46.3 Å². The van der Waals surface area contributed by atoms with Crippen LogP contribution in [0.2, 0.25) is 0 Å². The number of fused-ring (bicyclic) bond motifs is 1. The number of rotatable bonds is 2. The number of halogens is 1. The minimum absolute atomic E-state index is 0.356. The second-order valence-electron chi connectivity index (χ2n) is 5.89. The van der Waals surface area contributed by atoms with Crippen molar-refractivity contribution in [3.05, 3.63) is 21.9 Å². The number of hydrogen-bond acceptors (Lipinski definition) is 1. The number of nitrogens with zero attached hydrogens (tertiary/aromatic N) is 1. The summed E-state index contributed by atoms with van der Waals surface area (Å²) in [6.07, 6.45) is 8.20. The van der Waals surface area contributed by atoms with Crippen LogP contribution in [0.1, 0.15) is 49.8 Å². The van der Waals surface area contributed by atoms with E-state index in [0.717, 1.165) is 30.5 Å². The third-order valence-corrected chi connectivity index (χ3v) is 4.92. The van der Waals surface area contributed by atoms with E-state index in [1.165, 1.54) is 43.4 Å². The Labute approximate surface area is 122 Å². The van der Waals surface area contributed by atoms with Crippen LogP contribution in [0.3, 0.4) is 0 Å². The van der Waals surface area contributed by atoms with Gasteiger partial charge in [-0.3, -0.25) is 4.79 Å². The highest BCUT2D eigenvalue weighted by molar-refractivity contribution is 9.10. The topological polar surface area (TPSA) is 36.1 Å². The van der Waals surface area contributed by atoms with Crippen LogP contribution in [0, 0.1) is 5.92 Å². The first-order chi connectivity index (χ1) is 9.22. The van der Waals surface area contributed by atoms with Crippen molar-refractivity contribution in [1.29, 1.82) is 0 Å². The van der Waals surface area contributed by atoms with Gasteiger partial charge < -0.3 is 9.88 Å². The van der Waals surface area contributed by atoms with Gasteiger partial charge in [0.2, 0.25) is 5.91 Å². The average molecular weight is 325 g/mol. The molecule has 104 valence electrons. The summed E-state index contributed by atoms with van der Waals surface area (Å²) in [4.78, 5) is 17.7. The van der Waals surface area contributed by atoms with Gasteiger partial charge in [-0.2, -0.15) is 0 Å². The van der Waals surface area contributed by atoms with Gasteiger partial charge in [-0.15, -0.1) is 0 Å². The Bertz CT molecular complexity index is 463. The van der Waals surface area contributed by atoms with Crippen LogP contribution in [-0.4, -0.2) is 22.3 Å². The second kappa shape index (κ2) is 5.70. The standard InChI is InChI=1S/C15H21BrN2O/c16-14-9-12-10-18(7-6-13(12)17-14)15(19)8-11-4-2-1-3-5-11/h9,11,17H,1-8,10H2. The third-order valence-electron chi connectivity index (χ3n) is 4.49. The minimum Gasteiger partial charge on any atom is -0.353 e. The van der Waals surface area contributed by atoms with E-state index in [1.807, 2.05) is 4.90 Å². The predicted molar refractivity (Wildman–Crippen MR) is 78.8 cm³/mol. The molecule has 3 rings (SSSR count). The van der Waals surface area contributed by atoms with Crippen molar-refractivity contribution in [3.63, 3.8) is 0 Å². The van der Waals surface area contributed by atoms with Gasteiger partial charge in [0.15, 0.2) is 0 Å². The predicted octanol–water partition coefficient (Wildman–Crippen LogP) is 3.63. The zero-order chi connectivity index (χ0) is 13.2. The Kier molecular flexibility index (Phi) is 3.96. The Morgan fingerprint density at radius 3 is 2.95 bits per heavy atom. The molecule has 1 aromatic rings. The van der Waals surface area contributed by atoms with Gasteiger partial charge in [0, 0.05) is 31.6 Å². The van der Waals surface area contributed by atoms with Gasteiger partial charge in [-0.25, -0.2) is 0 Å². The highest BCUT2D eigenvalue weighted by Gasteiger charge is 2.25. The molecule has 3 nitrogen and oxygen atoms in total. The molecule has 1 aliphatic carbocycles. The molecular formula is C15H21BrN2O. The zero-order valence-electron chi connectivity index (χ0n) is 11.3. The number of nitrogens with one attached hydrogen (secondary N) is 1. The molecule has 1 N–H and O–H groups in total. The van der Waals surface area contributed by atoms with Crippen LogP contribution >= 0.6 is 15.9 Å². The Morgan fingerprint density at radius 1 is 1.37 bits per heavy atom. The molecule has 0 atom stereocenters. The van der Waals surface area contributed by atoms with E-state index in [1.54, 1.807) is 0 Å². The van der Waals surface area contributed by atoms with Crippen molar-refractivity contribution in [2.24, 2.45) is 5.92 Å². The summed E-state index contributed by atoms with van der Waals surface area (Å²) in [6, 6.07) is 2.11. The van der Waals surface area contributed by atoms with Crippen LogP contribution in [0.15, 0.2) is 10.7 Å². The number of aromatic nitrogens is 1. The summed E-state index contributed by atoms with van der Waals surface area (Å²) in [5.41, 5.74) is 2.56.